The highest BCUT2D eigenvalue weighted by Crippen LogP contribution is 2.41. The number of pyridine rings is 1. The zero-order valence-electron chi connectivity index (χ0n) is 18.6. The van der Waals surface area contributed by atoms with Crippen molar-refractivity contribution < 1.29 is 14.6 Å². The highest BCUT2D eigenvalue weighted by Gasteiger charge is 2.33. The summed E-state index contributed by atoms with van der Waals surface area (Å²) >= 11 is 6.24. The van der Waals surface area contributed by atoms with E-state index in [0.29, 0.717) is 11.3 Å². The predicted molar refractivity (Wildman–Crippen MR) is 131 cm³/mol. The third-order valence-electron chi connectivity index (χ3n) is 6.78. The van der Waals surface area contributed by atoms with E-state index in [2.05, 4.69) is 10.3 Å². The Morgan fingerprint density at radius 1 is 1.12 bits per heavy atom. The van der Waals surface area contributed by atoms with Gasteiger partial charge in [0, 0.05) is 29.6 Å². The molecule has 2 aliphatic carbocycles. The van der Waals surface area contributed by atoms with Crippen LogP contribution in [0, 0.1) is 5.92 Å². The lowest BCUT2D eigenvalue weighted by Crippen LogP contribution is -2.33. The van der Waals surface area contributed by atoms with Gasteiger partial charge >= 0.3 is 0 Å². The molecule has 5 rings (SSSR count). The summed E-state index contributed by atoms with van der Waals surface area (Å²) in [6.45, 7) is 0. The van der Waals surface area contributed by atoms with Crippen molar-refractivity contribution in [2.75, 3.05) is 12.4 Å². The number of rotatable bonds is 6. The van der Waals surface area contributed by atoms with Crippen molar-refractivity contribution in [3.63, 3.8) is 0 Å². The molecule has 0 radical (unpaired) electrons. The van der Waals surface area contributed by atoms with E-state index >= 15 is 0 Å². The van der Waals surface area contributed by atoms with Crippen molar-refractivity contribution >= 4 is 34.0 Å². The predicted octanol–water partition coefficient (Wildman–Crippen LogP) is 5.54. The second-order valence-electron chi connectivity index (χ2n) is 9.18. The monoisotopic (exact) mass is 465 g/mol. The van der Waals surface area contributed by atoms with E-state index in [-0.39, 0.29) is 34.6 Å². The first kappa shape index (κ1) is 22.0. The Labute approximate surface area is 198 Å². The van der Waals surface area contributed by atoms with Crippen LogP contribution >= 0.6 is 11.6 Å². The molecule has 2 aliphatic rings. The topological polar surface area (TPSA) is 97.5 Å². The first-order chi connectivity index (χ1) is 15.9. The van der Waals surface area contributed by atoms with Crippen LogP contribution in [0.3, 0.4) is 0 Å². The molecule has 33 heavy (non-hydrogen) atoms. The number of aromatic hydroxyl groups is 1. The number of Topliss-reactive ketones (excluding diaryl/α,β-unsaturated/α-hetero) is 1. The number of nitrogens with two attached hydrogens (primary N) is 1. The largest absolute Gasteiger partial charge is 0.503 e. The molecule has 4 N–H and O–H groups in total. The summed E-state index contributed by atoms with van der Waals surface area (Å²) < 4.78 is 5.28. The van der Waals surface area contributed by atoms with Gasteiger partial charge in [-0.25, -0.2) is 0 Å². The van der Waals surface area contributed by atoms with Gasteiger partial charge in [-0.1, -0.05) is 17.7 Å². The average molecular weight is 466 g/mol. The molecule has 2 saturated carbocycles. The number of nitrogens with zero attached hydrogens (tertiary/aromatic N) is 1. The van der Waals surface area contributed by atoms with E-state index in [1.165, 1.54) is 7.11 Å². The van der Waals surface area contributed by atoms with Gasteiger partial charge in [0.05, 0.1) is 28.9 Å². The Bertz CT molecular complexity index is 1220. The number of carbonyl (C=O) groups excluding carboxylic acids is 1. The van der Waals surface area contributed by atoms with Gasteiger partial charge in [0.2, 0.25) is 0 Å². The van der Waals surface area contributed by atoms with Crippen LogP contribution in [0.25, 0.3) is 22.0 Å². The Morgan fingerprint density at radius 2 is 1.88 bits per heavy atom. The molecule has 7 heteroatoms. The second-order valence-corrected chi connectivity index (χ2v) is 9.59. The molecule has 0 amide bonds. The number of ether oxygens (including phenoxy) is 1. The Morgan fingerprint density at radius 3 is 2.58 bits per heavy atom. The van der Waals surface area contributed by atoms with E-state index in [0.717, 1.165) is 66.2 Å². The van der Waals surface area contributed by atoms with Crippen LogP contribution in [0.15, 0.2) is 36.5 Å². The summed E-state index contributed by atoms with van der Waals surface area (Å²) in [4.78, 5) is 17.7. The van der Waals surface area contributed by atoms with Gasteiger partial charge in [0.1, 0.15) is 0 Å². The van der Waals surface area contributed by atoms with Crippen molar-refractivity contribution in [1.29, 1.82) is 0 Å². The molecule has 1 aromatic heterocycles. The third kappa shape index (κ3) is 4.37. The normalized spacial score (nSPS) is 20.6. The van der Waals surface area contributed by atoms with Gasteiger partial charge in [-0.05, 0) is 73.9 Å². The fourth-order valence-electron chi connectivity index (χ4n) is 4.64. The molecule has 1 heterocycles. The minimum atomic E-state index is -0.0828. The number of hydrogen-bond donors (Lipinski definition) is 3. The summed E-state index contributed by atoms with van der Waals surface area (Å²) in [5.41, 5.74) is 10.2. The molecular formula is C26H28ClN3O3. The molecule has 0 atom stereocenters. The number of methoxy groups -OCH3 is 1. The summed E-state index contributed by atoms with van der Waals surface area (Å²) in [5, 5.41) is 14.9. The van der Waals surface area contributed by atoms with Crippen molar-refractivity contribution in [3.05, 3.63) is 47.1 Å². The number of anilines is 1. The van der Waals surface area contributed by atoms with E-state index in [9.17, 15) is 9.90 Å². The first-order valence-electron chi connectivity index (χ1n) is 11.5. The van der Waals surface area contributed by atoms with Gasteiger partial charge < -0.3 is 20.9 Å². The summed E-state index contributed by atoms with van der Waals surface area (Å²) in [6.07, 6.45) is 7.52. The van der Waals surface area contributed by atoms with Crippen LogP contribution in [0.4, 0.5) is 5.69 Å². The zero-order chi connectivity index (χ0) is 23.1. The lowest BCUT2D eigenvalue weighted by Gasteiger charge is -2.29. The fourth-order valence-corrected chi connectivity index (χ4v) is 4.85. The quantitative estimate of drug-likeness (QED) is 0.413. The molecule has 0 aliphatic heterocycles. The van der Waals surface area contributed by atoms with Gasteiger partial charge in [0.25, 0.3) is 0 Å². The zero-order valence-corrected chi connectivity index (χ0v) is 19.4. The van der Waals surface area contributed by atoms with E-state index in [1.807, 2.05) is 18.2 Å². The van der Waals surface area contributed by atoms with Crippen molar-refractivity contribution in [1.82, 2.24) is 4.98 Å². The van der Waals surface area contributed by atoms with Gasteiger partial charge in [0.15, 0.2) is 17.3 Å². The summed E-state index contributed by atoms with van der Waals surface area (Å²) in [5.74, 6) is 0.498. The van der Waals surface area contributed by atoms with Crippen LogP contribution in [0.5, 0.6) is 11.5 Å². The molecule has 0 spiro atoms. The molecule has 0 bridgehead atoms. The highest BCUT2D eigenvalue weighted by atomic mass is 35.5. The molecular weight excluding hydrogens is 438 g/mol. The number of fused-ring (bicyclic) bond motifs is 1. The highest BCUT2D eigenvalue weighted by molar-refractivity contribution is 6.32. The maximum Gasteiger partial charge on any atom is 0.176 e. The second kappa shape index (κ2) is 8.84. The SMILES string of the molecule is COc1cc(-c2ccc3ncc(C(=O)C4CC4)c(NC4CCC(N)CC4)c3c2)cc(Cl)c1O. The van der Waals surface area contributed by atoms with Crippen LogP contribution in [0.2, 0.25) is 5.02 Å². The number of aromatic nitrogens is 1. The van der Waals surface area contributed by atoms with E-state index in [4.69, 9.17) is 22.1 Å². The lowest BCUT2D eigenvalue weighted by molar-refractivity contribution is 0.0968. The van der Waals surface area contributed by atoms with Gasteiger partial charge in [-0.3, -0.25) is 9.78 Å². The Kier molecular flexibility index (Phi) is 5.89. The number of phenolic OH excluding ortho intramolecular Hbond substituents is 1. The van der Waals surface area contributed by atoms with E-state index < -0.39 is 0 Å². The van der Waals surface area contributed by atoms with Crippen molar-refractivity contribution in [2.45, 2.75) is 50.6 Å². The standard InChI is InChI=1S/C26H28ClN3O3/c1-33-23-12-16(11-21(27)26(23)32)15-4-9-22-19(10-15)24(30-18-7-5-17(28)6-8-18)20(13-29-22)25(31)14-2-3-14/h4,9-14,17-18,32H,2-3,5-8,28H2,1H3,(H,29,30). The minimum Gasteiger partial charge on any atom is -0.503 e. The summed E-state index contributed by atoms with van der Waals surface area (Å²) in [7, 11) is 1.49. The molecule has 2 fully saturated rings. The maximum absolute atomic E-state index is 13.1. The van der Waals surface area contributed by atoms with Crippen LogP contribution in [-0.2, 0) is 0 Å². The molecule has 172 valence electrons. The van der Waals surface area contributed by atoms with E-state index in [1.54, 1.807) is 18.3 Å². The molecule has 6 nitrogen and oxygen atoms in total. The number of benzene rings is 2. The first-order valence-corrected chi connectivity index (χ1v) is 11.9. The third-order valence-corrected chi connectivity index (χ3v) is 7.07. The molecule has 0 saturated heterocycles. The fraction of sp³-hybridized carbons (Fsp3) is 0.385. The smallest absolute Gasteiger partial charge is 0.176 e. The number of hydrogen-bond acceptors (Lipinski definition) is 6. The number of halogens is 1. The average Bonchev–Trinajstić information content (AvgIpc) is 3.67. The molecule has 2 aromatic carbocycles. The van der Waals surface area contributed by atoms with Crippen LogP contribution in [0.1, 0.15) is 48.9 Å². The Hall–Kier alpha value is -2.83. The lowest BCUT2D eigenvalue weighted by atomic mass is 9.91. The van der Waals surface area contributed by atoms with Crippen molar-refractivity contribution in [3.8, 4) is 22.6 Å². The number of carbonyl (C=O) groups is 1. The number of ketones is 1. The maximum atomic E-state index is 13.1. The molecule has 0 unspecified atom stereocenters. The summed E-state index contributed by atoms with van der Waals surface area (Å²) in [6, 6.07) is 9.94. The number of nitrogens with one attached hydrogen (secondary N) is 1. The van der Waals surface area contributed by atoms with Crippen molar-refractivity contribution in [2.24, 2.45) is 11.7 Å². The van der Waals surface area contributed by atoms with Crippen LogP contribution in [-0.4, -0.2) is 35.1 Å². The molecule has 3 aromatic rings. The van der Waals surface area contributed by atoms with Crippen LogP contribution < -0.4 is 15.8 Å². The minimum absolute atomic E-state index is 0.0828. The Balaban J connectivity index is 1.62. The van der Waals surface area contributed by atoms with Gasteiger partial charge in [-0.2, -0.15) is 0 Å². The number of phenols is 1. The van der Waals surface area contributed by atoms with Gasteiger partial charge in [-0.15, -0.1) is 0 Å².